The molecule has 3 unspecified atom stereocenters. The zero-order chi connectivity index (χ0) is 24.8. The maximum absolute atomic E-state index is 13.5. The van der Waals surface area contributed by atoms with Gasteiger partial charge in [0.1, 0.15) is 6.42 Å². The van der Waals surface area contributed by atoms with Gasteiger partial charge in [-0.1, -0.05) is 23.7 Å². The van der Waals surface area contributed by atoms with E-state index in [4.69, 9.17) is 22.9 Å². The van der Waals surface area contributed by atoms with Gasteiger partial charge >= 0.3 is 5.97 Å². The summed E-state index contributed by atoms with van der Waals surface area (Å²) in [4.78, 5) is 56.2. The third-order valence-corrected chi connectivity index (χ3v) is 7.05. The van der Waals surface area contributed by atoms with Crippen molar-refractivity contribution < 1.29 is 23.9 Å². The molecule has 2 aliphatic rings. The number of carbonyl (C=O) groups is 4. The SMILES string of the molecule is [C-]#[N+]C(CC(=O)OCC)CC(=O)C1CCCN1C(=O)C(CC(=O)c1ccc(C)c(Cl)c1)C1CC1. The quantitative estimate of drug-likeness (QED) is 0.262. The molecule has 1 aliphatic heterocycles. The minimum atomic E-state index is -0.795. The van der Waals surface area contributed by atoms with E-state index in [0.29, 0.717) is 30.0 Å². The van der Waals surface area contributed by atoms with E-state index in [0.717, 1.165) is 18.4 Å². The van der Waals surface area contributed by atoms with E-state index in [-0.39, 0.29) is 49.3 Å². The zero-order valence-corrected chi connectivity index (χ0v) is 20.5. The Labute approximate surface area is 205 Å². The van der Waals surface area contributed by atoms with Crippen LogP contribution in [0.1, 0.15) is 67.8 Å². The molecule has 0 N–H and O–H groups in total. The van der Waals surface area contributed by atoms with Crippen LogP contribution in [0.3, 0.4) is 0 Å². The van der Waals surface area contributed by atoms with Gasteiger partial charge in [0.15, 0.2) is 11.6 Å². The van der Waals surface area contributed by atoms with Crippen molar-refractivity contribution in [2.45, 2.75) is 70.9 Å². The Bertz CT molecular complexity index is 997. The summed E-state index contributed by atoms with van der Waals surface area (Å²) in [6.45, 7) is 11.6. The van der Waals surface area contributed by atoms with E-state index >= 15 is 0 Å². The largest absolute Gasteiger partial charge is 0.466 e. The standard InChI is InChI=1S/C26H31ClN2O5/c1-4-34-25(32)14-19(28-3)13-24(31)22-6-5-11-29(22)26(33)20(17-9-10-17)15-23(30)18-8-7-16(2)21(27)12-18/h7-8,12,17,19-20,22H,4-6,9-11,13-15H2,1-2H3. The van der Waals surface area contributed by atoms with Crippen LogP contribution in [0.4, 0.5) is 0 Å². The number of benzene rings is 1. The van der Waals surface area contributed by atoms with Crippen LogP contribution >= 0.6 is 11.6 Å². The number of rotatable bonds is 11. The van der Waals surface area contributed by atoms with Crippen LogP contribution in [0.25, 0.3) is 4.85 Å². The summed E-state index contributed by atoms with van der Waals surface area (Å²) < 4.78 is 4.89. The average molecular weight is 487 g/mol. The lowest BCUT2D eigenvalue weighted by Crippen LogP contribution is -2.45. The van der Waals surface area contributed by atoms with Crippen LogP contribution < -0.4 is 0 Å². The van der Waals surface area contributed by atoms with Crippen LogP contribution in [-0.2, 0) is 19.1 Å². The second-order valence-electron chi connectivity index (χ2n) is 9.19. The third kappa shape index (κ3) is 6.44. The molecular formula is C26H31ClN2O5. The molecule has 2 fully saturated rings. The molecule has 7 nitrogen and oxygen atoms in total. The van der Waals surface area contributed by atoms with Crippen molar-refractivity contribution in [3.63, 3.8) is 0 Å². The molecule has 1 aromatic carbocycles. The Hall–Kier alpha value is -2.72. The Morgan fingerprint density at radius 2 is 1.91 bits per heavy atom. The van der Waals surface area contributed by atoms with Gasteiger partial charge in [0.25, 0.3) is 0 Å². The first kappa shape index (κ1) is 25.9. The lowest BCUT2D eigenvalue weighted by molar-refractivity contribution is -0.144. The Kier molecular flexibility index (Phi) is 8.84. The Morgan fingerprint density at radius 1 is 1.18 bits per heavy atom. The number of hydrogen-bond donors (Lipinski definition) is 0. The molecule has 182 valence electrons. The number of ether oxygens (including phenoxy) is 1. The normalized spacial score (nSPS) is 19.2. The van der Waals surface area contributed by atoms with Crippen molar-refractivity contribution in [2.75, 3.05) is 13.2 Å². The molecule has 0 radical (unpaired) electrons. The lowest BCUT2D eigenvalue weighted by Gasteiger charge is -2.28. The predicted molar refractivity (Wildman–Crippen MR) is 127 cm³/mol. The summed E-state index contributed by atoms with van der Waals surface area (Å²) in [5.41, 5.74) is 1.37. The van der Waals surface area contributed by atoms with Gasteiger partial charge in [-0.2, -0.15) is 0 Å². The van der Waals surface area contributed by atoms with Gasteiger partial charge in [0.05, 0.1) is 19.1 Å². The van der Waals surface area contributed by atoms with Gasteiger partial charge in [-0.3, -0.25) is 19.2 Å². The summed E-state index contributed by atoms with van der Waals surface area (Å²) in [5.74, 6) is -1.31. The van der Waals surface area contributed by atoms with Gasteiger partial charge in [0.2, 0.25) is 11.9 Å². The molecule has 34 heavy (non-hydrogen) atoms. The van der Waals surface area contributed by atoms with Gasteiger partial charge in [-0.15, -0.1) is 0 Å². The van der Waals surface area contributed by atoms with Crippen molar-refractivity contribution in [1.82, 2.24) is 4.90 Å². The van der Waals surface area contributed by atoms with Crippen molar-refractivity contribution in [1.29, 1.82) is 0 Å². The summed E-state index contributed by atoms with van der Waals surface area (Å²) in [6.07, 6.45) is 2.88. The van der Waals surface area contributed by atoms with E-state index in [1.807, 2.05) is 6.92 Å². The van der Waals surface area contributed by atoms with Crippen molar-refractivity contribution in [2.24, 2.45) is 11.8 Å². The maximum atomic E-state index is 13.5. The zero-order valence-electron chi connectivity index (χ0n) is 19.7. The van der Waals surface area contributed by atoms with Crippen LogP contribution in [0.5, 0.6) is 0 Å². The van der Waals surface area contributed by atoms with E-state index in [1.54, 1.807) is 30.0 Å². The number of nitrogens with zero attached hydrogens (tertiary/aromatic N) is 2. The number of esters is 1. The molecule has 1 aliphatic carbocycles. The van der Waals surface area contributed by atoms with E-state index < -0.39 is 24.0 Å². The van der Waals surface area contributed by atoms with E-state index in [2.05, 4.69) is 4.85 Å². The number of halogens is 1. The first-order chi connectivity index (χ1) is 16.2. The summed E-state index contributed by atoms with van der Waals surface area (Å²) in [6, 6.07) is 3.77. The highest BCUT2D eigenvalue weighted by molar-refractivity contribution is 6.31. The Morgan fingerprint density at radius 3 is 2.53 bits per heavy atom. The fourth-order valence-corrected chi connectivity index (χ4v) is 4.74. The molecule has 0 bridgehead atoms. The van der Waals surface area contributed by atoms with Gasteiger partial charge in [0, 0.05) is 29.5 Å². The highest BCUT2D eigenvalue weighted by atomic mass is 35.5. The summed E-state index contributed by atoms with van der Waals surface area (Å²) >= 11 is 6.18. The molecule has 0 spiro atoms. The summed E-state index contributed by atoms with van der Waals surface area (Å²) in [5, 5.41) is 0.516. The minimum Gasteiger partial charge on any atom is -0.466 e. The molecule has 0 aromatic heterocycles. The number of aryl methyl sites for hydroxylation is 1. The lowest BCUT2D eigenvalue weighted by atomic mass is 9.91. The fourth-order valence-electron chi connectivity index (χ4n) is 4.56. The number of likely N-dealkylation sites (tertiary alicyclic amines) is 1. The van der Waals surface area contributed by atoms with Crippen LogP contribution in [0.15, 0.2) is 18.2 Å². The second-order valence-corrected chi connectivity index (χ2v) is 9.59. The van der Waals surface area contributed by atoms with Gasteiger partial charge in [-0.05, 0) is 57.1 Å². The predicted octanol–water partition coefficient (Wildman–Crippen LogP) is 4.44. The molecule has 1 aromatic rings. The highest BCUT2D eigenvalue weighted by Gasteiger charge is 2.44. The molecule has 8 heteroatoms. The van der Waals surface area contributed by atoms with Crippen LogP contribution in [-0.4, -0.2) is 53.6 Å². The molecule has 3 atom stereocenters. The maximum Gasteiger partial charge on any atom is 0.313 e. The average Bonchev–Trinajstić information content (AvgIpc) is 3.53. The monoisotopic (exact) mass is 486 g/mol. The molecule has 3 rings (SSSR count). The summed E-state index contributed by atoms with van der Waals surface area (Å²) in [7, 11) is 0. The third-order valence-electron chi connectivity index (χ3n) is 6.64. The first-order valence-electron chi connectivity index (χ1n) is 11.9. The second kappa shape index (κ2) is 11.6. The number of amides is 1. The number of hydrogen-bond acceptors (Lipinski definition) is 5. The van der Waals surface area contributed by atoms with Crippen molar-refractivity contribution in [3.8, 4) is 0 Å². The highest BCUT2D eigenvalue weighted by Crippen LogP contribution is 2.41. The van der Waals surface area contributed by atoms with E-state index in [9.17, 15) is 19.2 Å². The van der Waals surface area contributed by atoms with Crippen LogP contribution in [0, 0.1) is 25.3 Å². The van der Waals surface area contributed by atoms with Crippen molar-refractivity contribution >= 4 is 35.0 Å². The number of carbonyl (C=O) groups excluding carboxylic acids is 4. The van der Waals surface area contributed by atoms with Gasteiger partial charge in [-0.25, -0.2) is 6.57 Å². The topological polar surface area (TPSA) is 85.1 Å². The van der Waals surface area contributed by atoms with E-state index in [1.165, 1.54) is 0 Å². The fraction of sp³-hybridized carbons (Fsp3) is 0.577. The number of Topliss-reactive ketones (excluding diaryl/α,β-unsaturated/α-hetero) is 2. The van der Waals surface area contributed by atoms with Gasteiger partial charge < -0.3 is 14.5 Å². The number of ketones is 2. The smallest absolute Gasteiger partial charge is 0.313 e. The first-order valence-corrected chi connectivity index (χ1v) is 12.3. The molecule has 1 saturated heterocycles. The Balaban J connectivity index is 1.67. The van der Waals surface area contributed by atoms with Crippen molar-refractivity contribution in [3.05, 3.63) is 45.8 Å². The van der Waals surface area contributed by atoms with Crippen LogP contribution in [0.2, 0.25) is 5.02 Å². The molecule has 1 saturated carbocycles. The molecule has 1 heterocycles. The molecule has 1 amide bonds. The minimum absolute atomic E-state index is 0.0911. The molecular weight excluding hydrogens is 456 g/mol.